The minimum atomic E-state index is -4.22. The number of hydrogen-bond donors (Lipinski definition) is 1. The minimum absolute atomic E-state index is 0.369. The molecule has 0 spiro atoms. The molecule has 0 heterocycles. The first-order valence-electron chi connectivity index (χ1n) is 3.57. The fourth-order valence-corrected chi connectivity index (χ4v) is 0.803. The summed E-state index contributed by atoms with van der Waals surface area (Å²) in [5, 5.41) is 0. The lowest BCUT2D eigenvalue weighted by Gasteiger charge is -2.13. The van der Waals surface area contributed by atoms with Gasteiger partial charge in [0.2, 0.25) is 6.36 Å². The highest BCUT2D eigenvalue weighted by Crippen LogP contribution is 2.12. The smallest absolute Gasteiger partial charge is 0.289 e. The maximum absolute atomic E-state index is 12.7. The van der Waals surface area contributed by atoms with Crippen molar-refractivity contribution < 1.29 is 22.1 Å². The molecule has 4 nitrogen and oxygen atoms in total. The van der Waals surface area contributed by atoms with E-state index >= 15 is 0 Å². The lowest BCUT2D eigenvalue weighted by atomic mass is 10.1. The van der Waals surface area contributed by atoms with Crippen LogP contribution in [0.1, 0.15) is 20.3 Å². The van der Waals surface area contributed by atoms with E-state index in [2.05, 4.69) is 4.74 Å². The van der Waals surface area contributed by atoms with Gasteiger partial charge >= 0.3 is 0 Å². The number of hydrogen-bond acceptors (Lipinski definition) is 3. The third kappa shape index (κ3) is 5.45. The Hall–Kier alpha value is -0.200. The predicted molar refractivity (Wildman–Crippen MR) is 41.9 cm³/mol. The SMILES string of the molecule is CCC(C)C(F)OCS(=O)(=O)O. The average Bonchev–Trinajstić information content (AvgIpc) is 1.97. The summed E-state index contributed by atoms with van der Waals surface area (Å²) < 4.78 is 45.4. The van der Waals surface area contributed by atoms with E-state index in [0.717, 1.165) is 0 Å². The van der Waals surface area contributed by atoms with Crippen LogP contribution >= 0.6 is 0 Å². The molecule has 0 aromatic rings. The molecule has 0 aliphatic carbocycles. The van der Waals surface area contributed by atoms with E-state index in [9.17, 15) is 12.8 Å². The standard InChI is InChI=1S/C6H13FO4S/c1-3-5(2)6(7)11-4-12(8,9)10/h5-6H,3-4H2,1-2H3,(H,8,9,10). The molecule has 0 aromatic heterocycles. The molecule has 0 saturated carbocycles. The van der Waals surface area contributed by atoms with Crippen molar-refractivity contribution in [3.8, 4) is 0 Å². The largest absolute Gasteiger partial charge is 0.329 e. The molecular formula is C6H13FO4S. The maximum atomic E-state index is 12.7. The van der Waals surface area contributed by atoms with Gasteiger partial charge in [0.15, 0.2) is 5.94 Å². The second-order valence-electron chi connectivity index (χ2n) is 2.60. The van der Waals surface area contributed by atoms with Gasteiger partial charge in [-0.2, -0.15) is 8.42 Å². The zero-order chi connectivity index (χ0) is 9.78. The Morgan fingerprint density at radius 2 is 2.08 bits per heavy atom. The van der Waals surface area contributed by atoms with Crippen molar-refractivity contribution in [2.24, 2.45) is 5.92 Å². The summed E-state index contributed by atoms with van der Waals surface area (Å²) >= 11 is 0. The van der Waals surface area contributed by atoms with E-state index in [1.165, 1.54) is 0 Å². The second-order valence-corrected chi connectivity index (χ2v) is 4.00. The number of rotatable bonds is 5. The van der Waals surface area contributed by atoms with Crippen molar-refractivity contribution in [3.63, 3.8) is 0 Å². The molecule has 0 amide bonds. The number of ether oxygens (including phenoxy) is 1. The third-order valence-electron chi connectivity index (χ3n) is 1.47. The van der Waals surface area contributed by atoms with Crippen LogP contribution in [0.15, 0.2) is 0 Å². The first kappa shape index (κ1) is 11.8. The topological polar surface area (TPSA) is 63.6 Å². The normalized spacial score (nSPS) is 17.3. The first-order valence-corrected chi connectivity index (χ1v) is 5.18. The monoisotopic (exact) mass is 200 g/mol. The molecule has 1 N–H and O–H groups in total. The van der Waals surface area contributed by atoms with Gasteiger partial charge in [-0.3, -0.25) is 4.55 Å². The zero-order valence-corrected chi connectivity index (χ0v) is 7.84. The zero-order valence-electron chi connectivity index (χ0n) is 7.03. The van der Waals surface area contributed by atoms with Crippen LogP contribution in [0.2, 0.25) is 0 Å². The quantitative estimate of drug-likeness (QED) is 0.677. The van der Waals surface area contributed by atoms with E-state index in [4.69, 9.17) is 4.55 Å². The van der Waals surface area contributed by atoms with Crippen molar-refractivity contribution >= 4 is 10.1 Å². The van der Waals surface area contributed by atoms with Crippen LogP contribution in [-0.4, -0.2) is 25.3 Å². The van der Waals surface area contributed by atoms with Gasteiger partial charge in [-0.15, -0.1) is 0 Å². The van der Waals surface area contributed by atoms with E-state index < -0.39 is 22.4 Å². The highest BCUT2D eigenvalue weighted by molar-refractivity contribution is 7.85. The summed E-state index contributed by atoms with van der Waals surface area (Å²) in [5.74, 6) is -1.36. The lowest BCUT2D eigenvalue weighted by Crippen LogP contribution is -2.20. The summed E-state index contributed by atoms with van der Waals surface area (Å²) in [5.41, 5.74) is 0. The molecule has 74 valence electrons. The molecule has 0 rings (SSSR count). The van der Waals surface area contributed by atoms with E-state index in [1.54, 1.807) is 13.8 Å². The van der Waals surface area contributed by atoms with Crippen LogP contribution in [0.4, 0.5) is 4.39 Å². The lowest BCUT2D eigenvalue weighted by molar-refractivity contribution is -0.0555. The molecule has 0 bridgehead atoms. The fourth-order valence-electron chi connectivity index (χ4n) is 0.501. The van der Waals surface area contributed by atoms with Crippen molar-refractivity contribution in [1.29, 1.82) is 0 Å². The first-order chi connectivity index (χ1) is 5.37. The van der Waals surface area contributed by atoms with E-state index in [1.807, 2.05) is 0 Å². The summed E-state index contributed by atoms with van der Waals surface area (Å²) in [4.78, 5) is 0. The van der Waals surface area contributed by atoms with Crippen LogP contribution in [0.25, 0.3) is 0 Å². The van der Waals surface area contributed by atoms with E-state index in [0.29, 0.717) is 6.42 Å². The van der Waals surface area contributed by atoms with Crippen LogP contribution in [0, 0.1) is 5.92 Å². The molecule has 0 aliphatic rings. The highest BCUT2D eigenvalue weighted by atomic mass is 32.2. The summed E-state index contributed by atoms with van der Waals surface area (Å²) in [6.45, 7) is 3.35. The Morgan fingerprint density at radius 3 is 2.42 bits per heavy atom. The maximum Gasteiger partial charge on any atom is 0.289 e. The van der Waals surface area contributed by atoms with E-state index in [-0.39, 0.29) is 5.92 Å². The second kappa shape index (κ2) is 4.74. The predicted octanol–water partition coefficient (Wildman–Crippen LogP) is 1.19. The molecule has 2 unspecified atom stereocenters. The van der Waals surface area contributed by atoms with Gasteiger partial charge in [-0.25, -0.2) is 4.39 Å². The summed E-state index contributed by atoms with van der Waals surface area (Å²) in [6.07, 6.45) is -1.09. The summed E-state index contributed by atoms with van der Waals surface area (Å²) in [7, 11) is -4.22. The van der Waals surface area contributed by atoms with Crippen molar-refractivity contribution in [2.45, 2.75) is 26.6 Å². The highest BCUT2D eigenvalue weighted by Gasteiger charge is 2.17. The Balaban J connectivity index is 3.79. The van der Waals surface area contributed by atoms with Gasteiger partial charge in [0, 0.05) is 5.92 Å². The number of alkyl halides is 1. The van der Waals surface area contributed by atoms with Gasteiger partial charge in [-0.05, 0) is 6.42 Å². The van der Waals surface area contributed by atoms with Gasteiger partial charge < -0.3 is 4.74 Å². The van der Waals surface area contributed by atoms with Gasteiger partial charge in [0.1, 0.15) is 0 Å². The minimum Gasteiger partial charge on any atom is -0.329 e. The Labute approximate surface area is 71.5 Å². The number of halogens is 1. The molecular weight excluding hydrogens is 187 g/mol. The molecule has 6 heteroatoms. The van der Waals surface area contributed by atoms with Crippen molar-refractivity contribution in [2.75, 3.05) is 5.94 Å². The van der Waals surface area contributed by atoms with Crippen LogP contribution in [-0.2, 0) is 14.9 Å². The molecule has 12 heavy (non-hydrogen) atoms. The molecule has 0 fully saturated rings. The molecule has 0 saturated heterocycles. The van der Waals surface area contributed by atoms with Gasteiger partial charge in [0.25, 0.3) is 10.1 Å². The average molecular weight is 200 g/mol. The van der Waals surface area contributed by atoms with Crippen LogP contribution < -0.4 is 0 Å². The summed E-state index contributed by atoms with van der Waals surface area (Å²) in [6, 6.07) is 0. The Morgan fingerprint density at radius 1 is 1.58 bits per heavy atom. The molecule has 0 aliphatic heterocycles. The molecule has 0 aromatic carbocycles. The Bertz CT molecular complexity index is 214. The van der Waals surface area contributed by atoms with Gasteiger partial charge in [0.05, 0.1) is 0 Å². The van der Waals surface area contributed by atoms with Gasteiger partial charge in [-0.1, -0.05) is 13.8 Å². The van der Waals surface area contributed by atoms with Crippen molar-refractivity contribution in [1.82, 2.24) is 0 Å². The molecule has 0 radical (unpaired) electrons. The van der Waals surface area contributed by atoms with Crippen LogP contribution in [0.5, 0.6) is 0 Å². The fraction of sp³-hybridized carbons (Fsp3) is 1.00. The molecule has 2 atom stereocenters. The van der Waals surface area contributed by atoms with Crippen molar-refractivity contribution in [3.05, 3.63) is 0 Å². The Kier molecular flexibility index (Phi) is 4.66. The van der Waals surface area contributed by atoms with Crippen LogP contribution in [0.3, 0.4) is 0 Å². The third-order valence-corrected chi connectivity index (χ3v) is 1.90.